The second kappa shape index (κ2) is 5.05. The summed E-state index contributed by atoms with van der Waals surface area (Å²) in [6, 6.07) is 8.32. The first-order valence-electron chi connectivity index (χ1n) is 6.72. The summed E-state index contributed by atoms with van der Waals surface area (Å²) in [7, 11) is 1.69. The highest BCUT2D eigenvalue weighted by molar-refractivity contribution is 5.95. The van der Waals surface area contributed by atoms with E-state index in [-0.39, 0.29) is 0 Å². The largest absolute Gasteiger partial charge is 0.496 e. The molecule has 1 aromatic heterocycles. The smallest absolute Gasteiger partial charge is 0.134 e. The van der Waals surface area contributed by atoms with Crippen LogP contribution in [0.25, 0.3) is 10.8 Å². The van der Waals surface area contributed by atoms with Gasteiger partial charge in [0, 0.05) is 29.6 Å². The van der Waals surface area contributed by atoms with E-state index in [9.17, 15) is 0 Å². The number of nitrogens with one attached hydrogen (secondary N) is 1. The van der Waals surface area contributed by atoms with Gasteiger partial charge in [-0.15, -0.1) is 0 Å². The Balaban J connectivity index is 1.98. The van der Waals surface area contributed by atoms with Gasteiger partial charge in [0.2, 0.25) is 0 Å². The summed E-state index contributed by atoms with van der Waals surface area (Å²) >= 11 is 0. The van der Waals surface area contributed by atoms with Crippen molar-refractivity contribution in [3.63, 3.8) is 0 Å². The number of aromatic nitrogens is 1. The number of ether oxygens (including phenoxy) is 1. The Morgan fingerprint density at radius 3 is 2.89 bits per heavy atom. The van der Waals surface area contributed by atoms with Crippen molar-refractivity contribution >= 4 is 16.6 Å². The summed E-state index contributed by atoms with van der Waals surface area (Å²) in [6.45, 7) is 0.646. The van der Waals surface area contributed by atoms with Gasteiger partial charge in [0.1, 0.15) is 11.6 Å². The molecule has 0 aliphatic heterocycles. The monoisotopic (exact) mass is 257 g/mol. The van der Waals surface area contributed by atoms with Gasteiger partial charge in [-0.1, -0.05) is 12.1 Å². The molecule has 3 rings (SSSR count). The molecule has 19 heavy (non-hydrogen) atoms. The molecule has 0 spiro atoms. The molecule has 1 atom stereocenters. The number of benzene rings is 1. The lowest BCUT2D eigenvalue weighted by molar-refractivity contribution is 0.420. The number of fused-ring (bicyclic) bond motifs is 1. The van der Waals surface area contributed by atoms with Crippen LogP contribution in [0.15, 0.2) is 30.5 Å². The fourth-order valence-electron chi connectivity index (χ4n) is 2.51. The fourth-order valence-corrected chi connectivity index (χ4v) is 2.51. The van der Waals surface area contributed by atoms with Crippen molar-refractivity contribution in [1.29, 1.82) is 0 Å². The molecule has 0 bridgehead atoms. The van der Waals surface area contributed by atoms with Crippen LogP contribution in [0.4, 0.5) is 5.82 Å². The first-order valence-corrected chi connectivity index (χ1v) is 6.72. The molecule has 0 saturated heterocycles. The first kappa shape index (κ1) is 12.2. The quantitative estimate of drug-likeness (QED) is 0.863. The van der Waals surface area contributed by atoms with Gasteiger partial charge in [-0.2, -0.15) is 0 Å². The lowest BCUT2D eigenvalue weighted by Crippen LogP contribution is -2.31. The zero-order chi connectivity index (χ0) is 13.2. The molecule has 1 saturated carbocycles. The molecule has 2 aromatic rings. The van der Waals surface area contributed by atoms with Gasteiger partial charge in [0.25, 0.3) is 0 Å². The minimum absolute atomic E-state index is 0.323. The van der Waals surface area contributed by atoms with Crippen LogP contribution in [-0.4, -0.2) is 24.7 Å². The third-order valence-corrected chi connectivity index (χ3v) is 3.75. The maximum atomic E-state index is 5.85. The van der Waals surface area contributed by atoms with Crippen molar-refractivity contribution < 1.29 is 4.74 Å². The topological polar surface area (TPSA) is 60.2 Å². The van der Waals surface area contributed by atoms with E-state index in [0.717, 1.165) is 22.3 Å². The average Bonchev–Trinajstić information content (AvgIpc) is 3.28. The van der Waals surface area contributed by atoms with E-state index in [1.807, 2.05) is 24.4 Å². The molecule has 1 unspecified atom stereocenters. The molecule has 1 heterocycles. The molecule has 1 aliphatic carbocycles. The predicted molar refractivity (Wildman–Crippen MR) is 77.5 cm³/mol. The number of methoxy groups -OCH3 is 1. The van der Waals surface area contributed by atoms with Crippen LogP contribution in [0.5, 0.6) is 5.75 Å². The summed E-state index contributed by atoms with van der Waals surface area (Å²) in [5, 5.41) is 5.66. The van der Waals surface area contributed by atoms with E-state index in [1.165, 1.54) is 12.8 Å². The number of pyridine rings is 1. The van der Waals surface area contributed by atoms with E-state index in [0.29, 0.717) is 18.5 Å². The van der Waals surface area contributed by atoms with Crippen LogP contribution in [0, 0.1) is 5.92 Å². The molecule has 1 fully saturated rings. The van der Waals surface area contributed by atoms with Gasteiger partial charge in [-0.05, 0) is 30.9 Å². The van der Waals surface area contributed by atoms with Crippen molar-refractivity contribution in [2.24, 2.45) is 11.7 Å². The maximum Gasteiger partial charge on any atom is 0.134 e. The van der Waals surface area contributed by atoms with Gasteiger partial charge >= 0.3 is 0 Å². The molecule has 3 N–H and O–H groups in total. The van der Waals surface area contributed by atoms with Crippen LogP contribution >= 0.6 is 0 Å². The van der Waals surface area contributed by atoms with Crippen LogP contribution in [-0.2, 0) is 0 Å². The standard InChI is InChI=1S/C15H19N3O/c1-19-14-4-2-3-12-11(14)7-8-17-15(12)18-13(9-16)10-5-6-10/h2-4,7-8,10,13H,5-6,9,16H2,1H3,(H,17,18). The number of hydrogen-bond donors (Lipinski definition) is 2. The molecule has 0 radical (unpaired) electrons. The molecular weight excluding hydrogens is 238 g/mol. The average molecular weight is 257 g/mol. The van der Waals surface area contributed by atoms with Crippen LogP contribution < -0.4 is 15.8 Å². The van der Waals surface area contributed by atoms with E-state index in [1.54, 1.807) is 7.11 Å². The Morgan fingerprint density at radius 1 is 1.37 bits per heavy atom. The highest BCUT2D eigenvalue weighted by atomic mass is 16.5. The Labute approximate surface area is 113 Å². The normalized spacial score (nSPS) is 16.3. The predicted octanol–water partition coefficient (Wildman–Crippen LogP) is 2.39. The minimum atomic E-state index is 0.323. The Kier molecular flexibility index (Phi) is 3.25. The summed E-state index contributed by atoms with van der Waals surface area (Å²) in [6.07, 6.45) is 4.35. The van der Waals surface area contributed by atoms with E-state index < -0.39 is 0 Å². The molecule has 0 amide bonds. The highest BCUT2D eigenvalue weighted by Gasteiger charge is 2.30. The maximum absolute atomic E-state index is 5.85. The zero-order valence-corrected chi connectivity index (χ0v) is 11.1. The first-order chi connectivity index (χ1) is 9.33. The van der Waals surface area contributed by atoms with E-state index in [4.69, 9.17) is 10.5 Å². The van der Waals surface area contributed by atoms with Crippen molar-refractivity contribution in [3.05, 3.63) is 30.5 Å². The van der Waals surface area contributed by atoms with Crippen molar-refractivity contribution in [3.8, 4) is 5.75 Å². The molecule has 1 aliphatic rings. The zero-order valence-electron chi connectivity index (χ0n) is 11.1. The van der Waals surface area contributed by atoms with E-state index in [2.05, 4.69) is 16.4 Å². The van der Waals surface area contributed by atoms with Gasteiger partial charge in [0.15, 0.2) is 0 Å². The van der Waals surface area contributed by atoms with Crippen LogP contribution in [0.1, 0.15) is 12.8 Å². The molecule has 100 valence electrons. The van der Waals surface area contributed by atoms with Gasteiger partial charge in [-0.25, -0.2) is 4.98 Å². The van der Waals surface area contributed by atoms with Crippen molar-refractivity contribution in [2.75, 3.05) is 19.0 Å². The number of hydrogen-bond acceptors (Lipinski definition) is 4. The molecule has 4 heteroatoms. The SMILES string of the molecule is COc1cccc2c(NC(CN)C3CC3)nccc12. The third-order valence-electron chi connectivity index (χ3n) is 3.75. The van der Waals surface area contributed by atoms with Crippen LogP contribution in [0.3, 0.4) is 0 Å². The number of nitrogens with two attached hydrogens (primary N) is 1. The molecule has 4 nitrogen and oxygen atoms in total. The molecular formula is C15H19N3O. The summed E-state index contributed by atoms with van der Waals surface area (Å²) in [5.74, 6) is 2.48. The summed E-state index contributed by atoms with van der Waals surface area (Å²) in [4.78, 5) is 4.46. The Bertz CT molecular complexity index is 581. The number of anilines is 1. The summed E-state index contributed by atoms with van der Waals surface area (Å²) in [5.41, 5.74) is 5.85. The third kappa shape index (κ3) is 2.36. The minimum Gasteiger partial charge on any atom is -0.496 e. The Morgan fingerprint density at radius 2 is 2.21 bits per heavy atom. The lowest BCUT2D eigenvalue weighted by atomic mass is 10.1. The number of rotatable bonds is 5. The molecule has 1 aromatic carbocycles. The van der Waals surface area contributed by atoms with E-state index >= 15 is 0 Å². The second-order valence-corrected chi connectivity index (χ2v) is 5.04. The van der Waals surface area contributed by atoms with Gasteiger partial charge in [-0.3, -0.25) is 0 Å². The lowest BCUT2D eigenvalue weighted by Gasteiger charge is -2.18. The highest BCUT2D eigenvalue weighted by Crippen LogP contribution is 2.35. The summed E-state index contributed by atoms with van der Waals surface area (Å²) < 4.78 is 5.39. The van der Waals surface area contributed by atoms with Crippen molar-refractivity contribution in [1.82, 2.24) is 4.98 Å². The Hall–Kier alpha value is -1.81. The van der Waals surface area contributed by atoms with Gasteiger partial charge in [0.05, 0.1) is 7.11 Å². The van der Waals surface area contributed by atoms with Gasteiger partial charge < -0.3 is 15.8 Å². The second-order valence-electron chi connectivity index (χ2n) is 5.04. The number of nitrogens with zero attached hydrogens (tertiary/aromatic N) is 1. The van der Waals surface area contributed by atoms with Crippen molar-refractivity contribution in [2.45, 2.75) is 18.9 Å². The fraction of sp³-hybridized carbons (Fsp3) is 0.400. The van der Waals surface area contributed by atoms with Crippen LogP contribution in [0.2, 0.25) is 0 Å².